The molecule has 0 saturated heterocycles. The number of benzene rings is 1. The molecule has 0 saturated carbocycles. The van der Waals surface area contributed by atoms with E-state index >= 15 is 0 Å². The van der Waals surface area contributed by atoms with Gasteiger partial charge in [0.15, 0.2) is 0 Å². The van der Waals surface area contributed by atoms with Crippen LogP contribution in [-0.4, -0.2) is 47.0 Å². The minimum atomic E-state index is -3.45. The number of rotatable bonds is 7. The molecule has 0 atom stereocenters. The predicted octanol–water partition coefficient (Wildman–Crippen LogP) is 0.958. The molecule has 0 bridgehead atoms. The minimum absolute atomic E-state index is 0.297. The molecule has 1 rings (SSSR count). The van der Waals surface area contributed by atoms with Crippen molar-refractivity contribution in [3.8, 4) is 0 Å². The minimum Gasteiger partial charge on any atom is -0.384 e. The van der Waals surface area contributed by atoms with Gasteiger partial charge in [0, 0.05) is 19.6 Å². The maximum Gasteiger partial charge on any atom is 0.242 e. The van der Waals surface area contributed by atoms with Crippen LogP contribution in [0.2, 0.25) is 0 Å². The molecule has 0 heterocycles. The second kappa shape index (κ2) is 6.72. The molecule has 5 nitrogen and oxygen atoms in total. The first kappa shape index (κ1) is 14.9. The lowest BCUT2D eigenvalue weighted by Crippen LogP contribution is -2.31. The van der Waals surface area contributed by atoms with Crippen molar-refractivity contribution < 1.29 is 8.42 Å². The Morgan fingerprint density at radius 3 is 2.50 bits per heavy atom. The van der Waals surface area contributed by atoms with Crippen LogP contribution in [-0.2, 0) is 10.0 Å². The fourth-order valence-electron chi connectivity index (χ4n) is 1.52. The summed E-state index contributed by atoms with van der Waals surface area (Å²) in [7, 11) is 0.359. The third-order valence-electron chi connectivity index (χ3n) is 2.39. The summed E-state index contributed by atoms with van der Waals surface area (Å²) in [5.41, 5.74) is 0.636. The van der Waals surface area contributed by atoms with Crippen LogP contribution in [0.4, 0.5) is 5.69 Å². The van der Waals surface area contributed by atoms with Gasteiger partial charge in [-0.3, -0.25) is 0 Å². The summed E-state index contributed by atoms with van der Waals surface area (Å²) in [4.78, 5) is 2.23. The third-order valence-corrected chi connectivity index (χ3v) is 3.91. The molecule has 1 aromatic rings. The number of nitrogens with one attached hydrogen (secondary N) is 2. The predicted molar refractivity (Wildman–Crippen MR) is 74.3 cm³/mol. The summed E-state index contributed by atoms with van der Waals surface area (Å²) in [6, 6.07) is 6.91. The summed E-state index contributed by atoms with van der Waals surface area (Å²) < 4.78 is 26.9. The Kier molecular flexibility index (Phi) is 5.58. The highest BCUT2D eigenvalue weighted by Crippen LogP contribution is 2.19. The summed E-state index contributed by atoms with van der Waals surface area (Å²) in [6.07, 6.45) is 0. The molecule has 0 aliphatic rings. The quantitative estimate of drug-likeness (QED) is 0.775. The van der Waals surface area contributed by atoms with Gasteiger partial charge in [-0.15, -0.1) is 0 Å². The van der Waals surface area contributed by atoms with Gasteiger partial charge >= 0.3 is 0 Å². The van der Waals surface area contributed by atoms with E-state index in [9.17, 15) is 8.42 Å². The van der Waals surface area contributed by atoms with Gasteiger partial charge in [0.2, 0.25) is 10.0 Å². The van der Waals surface area contributed by atoms with Crippen molar-refractivity contribution in [1.82, 2.24) is 9.62 Å². The first-order valence-corrected chi connectivity index (χ1v) is 7.43. The van der Waals surface area contributed by atoms with E-state index in [0.717, 1.165) is 0 Å². The fourth-order valence-corrected chi connectivity index (χ4v) is 2.72. The lowest BCUT2D eigenvalue weighted by Gasteiger charge is -2.13. The van der Waals surface area contributed by atoms with Crippen LogP contribution in [0.15, 0.2) is 29.2 Å². The number of nitrogens with zero attached hydrogens (tertiary/aromatic N) is 1. The van der Waals surface area contributed by atoms with E-state index in [1.165, 1.54) is 0 Å². The average Bonchev–Trinajstić information content (AvgIpc) is 2.29. The molecular weight excluding hydrogens is 250 g/mol. The fraction of sp³-hybridized carbons (Fsp3) is 0.500. The number of para-hydroxylation sites is 1. The van der Waals surface area contributed by atoms with Crippen LogP contribution < -0.4 is 10.0 Å². The zero-order chi connectivity index (χ0) is 13.6. The Labute approximate surface area is 109 Å². The molecule has 0 amide bonds. The molecule has 6 heteroatoms. The number of hydrogen-bond acceptors (Lipinski definition) is 4. The Hall–Kier alpha value is -1.11. The van der Waals surface area contributed by atoms with Crippen LogP contribution in [0.25, 0.3) is 0 Å². The molecule has 0 unspecified atom stereocenters. The Bertz CT molecular complexity index is 472. The van der Waals surface area contributed by atoms with E-state index in [-0.39, 0.29) is 0 Å². The Balaban J connectivity index is 2.84. The summed E-state index contributed by atoms with van der Waals surface area (Å²) in [5, 5.41) is 3.05. The monoisotopic (exact) mass is 271 g/mol. The molecule has 2 N–H and O–H groups in total. The van der Waals surface area contributed by atoms with Gasteiger partial charge in [-0.05, 0) is 33.2 Å². The topological polar surface area (TPSA) is 61.4 Å². The van der Waals surface area contributed by atoms with Gasteiger partial charge in [0.05, 0.1) is 5.69 Å². The highest BCUT2D eigenvalue weighted by Gasteiger charge is 2.17. The van der Waals surface area contributed by atoms with Crippen LogP contribution in [0.3, 0.4) is 0 Å². The molecule has 0 aromatic heterocycles. The van der Waals surface area contributed by atoms with E-state index in [1.54, 1.807) is 18.2 Å². The Morgan fingerprint density at radius 2 is 1.89 bits per heavy atom. The first-order chi connectivity index (χ1) is 8.47. The molecule has 0 aliphatic heterocycles. The number of likely N-dealkylation sites (N-methyl/N-ethyl adjacent to an activating group) is 1. The highest BCUT2D eigenvalue weighted by molar-refractivity contribution is 7.89. The number of hydrogen-bond donors (Lipinski definition) is 2. The van der Waals surface area contributed by atoms with Gasteiger partial charge in [-0.25, -0.2) is 13.1 Å². The number of anilines is 1. The molecule has 1 aromatic carbocycles. The van der Waals surface area contributed by atoms with E-state index < -0.39 is 10.0 Å². The van der Waals surface area contributed by atoms with Gasteiger partial charge in [0.25, 0.3) is 0 Å². The van der Waals surface area contributed by atoms with Crippen molar-refractivity contribution in [2.75, 3.05) is 39.0 Å². The molecule has 0 fully saturated rings. The van der Waals surface area contributed by atoms with Crippen molar-refractivity contribution in [2.45, 2.75) is 11.8 Å². The molecule has 0 spiro atoms. The van der Waals surface area contributed by atoms with Crippen LogP contribution in [0, 0.1) is 0 Å². The van der Waals surface area contributed by atoms with Crippen LogP contribution in [0.5, 0.6) is 0 Å². The van der Waals surface area contributed by atoms with E-state index in [0.29, 0.717) is 30.2 Å². The van der Waals surface area contributed by atoms with E-state index in [2.05, 4.69) is 10.0 Å². The van der Waals surface area contributed by atoms with E-state index in [4.69, 9.17) is 0 Å². The second-order valence-corrected chi connectivity index (χ2v) is 5.96. The Morgan fingerprint density at radius 1 is 1.22 bits per heavy atom. The SMILES string of the molecule is CCNc1ccccc1S(=O)(=O)NCCN(C)C. The maximum atomic E-state index is 12.1. The van der Waals surface area contributed by atoms with Crippen LogP contribution >= 0.6 is 0 Å². The normalized spacial score (nSPS) is 11.8. The number of sulfonamides is 1. The smallest absolute Gasteiger partial charge is 0.242 e. The van der Waals surface area contributed by atoms with Gasteiger partial charge < -0.3 is 10.2 Å². The molecule has 0 radical (unpaired) electrons. The van der Waals surface area contributed by atoms with Crippen molar-refractivity contribution >= 4 is 15.7 Å². The lowest BCUT2D eigenvalue weighted by atomic mass is 10.3. The van der Waals surface area contributed by atoms with Crippen molar-refractivity contribution in [3.05, 3.63) is 24.3 Å². The van der Waals surface area contributed by atoms with Crippen molar-refractivity contribution in [3.63, 3.8) is 0 Å². The van der Waals surface area contributed by atoms with Crippen molar-refractivity contribution in [2.24, 2.45) is 0 Å². The molecule has 102 valence electrons. The summed E-state index contributed by atoms with van der Waals surface area (Å²) in [5.74, 6) is 0. The van der Waals surface area contributed by atoms with Crippen LogP contribution in [0.1, 0.15) is 6.92 Å². The first-order valence-electron chi connectivity index (χ1n) is 5.94. The van der Waals surface area contributed by atoms with Crippen molar-refractivity contribution in [1.29, 1.82) is 0 Å². The zero-order valence-corrected chi connectivity index (χ0v) is 11.9. The molecular formula is C12H21N3O2S. The standard InChI is InChI=1S/C12H21N3O2S/c1-4-13-11-7-5-6-8-12(11)18(16,17)14-9-10-15(2)3/h5-8,13-14H,4,9-10H2,1-3H3. The maximum absolute atomic E-state index is 12.1. The highest BCUT2D eigenvalue weighted by atomic mass is 32.2. The molecule has 0 aliphatic carbocycles. The molecule has 18 heavy (non-hydrogen) atoms. The summed E-state index contributed by atoms with van der Waals surface area (Å²) in [6.45, 7) is 3.69. The van der Waals surface area contributed by atoms with E-state index in [1.807, 2.05) is 32.0 Å². The lowest BCUT2D eigenvalue weighted by molar-refractivity contribution is 0.412. The summed E-state index contributed by atoms with van der Waals surface area (Å²) >= 11 is 0. The van der Waals surface area contributed by atoms with Gasteiger partial charge in [-0.1, -0.05) is 12.1 Å². The second-order valence-electron chi connectivity index (χ2n) is 4.23. The average molecular weight is 271 g/mol. The third kappa shape index (κ3) is 4.29. The largest absolute Gasteiger partial charge is 0.384 e. The van der Waals surface area contributed by atoms with Gasteiger partial charge in [-0.2, -0.15) is 0 Å². The zero-order valence-electron chi connectivity index (χ0n) is 11.1. The van der Waals surface area contributed by atoms with Gasteiger partial charge in [0.1, 0.15) is 4.90 Å².